The summed E-state index contributed by atoms with van der Waals surface area (Å²) in [5.74, 6) is 0.0850. The number of rotatable bonds is 5. The number of likely N-dealkylation sites (tertiary alicyclic amines) is 1. The van der Waals surface area contributed by atoms with Crippen LogP contribution >= 0.6 is 0 Å². The van der Waals surface area contributed by atoms with Crippen molar-refractivity contribution in [1.29, 1.82) is 0 Å². The lowest BCUT2D eigenvalue weighted by Gasteiger charge is -2.29. The van der Waals surface area contributed by atoms with Crippen LogP contribution in [-0.2, 0) is 16.0 Å². The quantitative estimate of drug-likeness (QED) is 0.846. The molecular weight excluding hydrogens is 264 g/mol. The number of para-hydroxylation sites is 1. The van der Waals surface area contributed by atoms with E-state index in [9.17, 15) is 9.59 Å². The fraction of sp³-hybridized carbons (Fsp3) is 0.529. The number of benzene rings is 1. The molecular formula is C17H24N2O2. The highest BCUT2D eigenvalue weighted by molar-refractivity contribution is 5.93. The maximum Gasteiger partial charge on any atom is 0.238 e. The second-order valence-corrected chi connectivity index (χ2v) is 5.78. The van der Waals surface area contributed by atoms with Gasteiger partial charge in [0.1, 0.15) is 6.29 Å². The molecule has 1 heterocycles. The second kappa shape index (κ2) is 7.36. The Morgan fingerprint density at radius 2 is 2.29 bits per heavy atom. The van der Waals surface area contributed by atoms with Crippen molar-refractivity contribution >= 4 is 17.9 Å². The standard InChI is InChI=1S/C17H24N2O2/c1-3-15-8-4-6-13(2)17(15)18-16(21)11-19-9-5-7-14(10-19)12-20/h4,6,8,12,14H,3,5,7,9-11H2,1-2H3,(H,18,21). The average Bonchev–Trinajstić information content (AvgIpc) is 2.49. The van der Waals surface area contributed by atoms with Crippen molar-refractivity contribution in [3.8, 4) is 0 Å². The predicted molar refractivity (Wildman–Crippen MR) is 84.4 cm³/mol. The number of carbonyl (C=O) groups is 2. The van der Waals surface area contributed by atoms with Gasteiger partial charge in [0.15, 0.2) is 0 Å². The number of hydrogen-bond acceptors (Lipinski definition) is 3. The molecule has 1 aromatic rings. The van der Waals surface area contributed by atoms with E-state index in [-0.39, 0.29) is 11.8 Å². The topological polar surface area (TPSA) is 49.4 Å². The monoisotopic (exact) mass is 288 g/mol. The first kappa shape index (κ1) is 15.7. The maximum absolute atomic E-state index is 12.3. The fourth-order valence-electron chi connectivity index (χ4n) is 2.93. The van der Waals surface area contributed by atoms with Gasteiger partial charge < -0.3 is 10.1 Å². The first-order valence-electron chi connectivity index (χ1n) is 7.70. The lowest BCUT2D eigenvalue weighted by atomic mass is 10.00. The van der Waals surface area contributed by atoms with Crippen LogP contribution in [0.4, 0.5) is 5.69 Å². The Balaban J connectivity index is 1.97. The molecule has 4 nitrogen and oxygen atoms in total. The van der Waals surface area contributed by atoms with E-state index in [1.807, 2.05) is 25.1 Å². The summed E-state index contributed by atoms with van der Waals surface area (Å²) in [6.45, 7) is 6.06. The first-order valence-corrected chi connectivity index (χ1v) is 7.70. The zero-order valence-corrected chi connectivity index (χ0v) is 12.9. The number of aldehydes is 1. The average molecular weight is 288 g/mol. The van der Waals surface area contributed by atoms with E-state index in [4.69, 9.17) is 0 Å². The van der Waals surface area contributed by atoms with Gasteiger partial charge in [0, 0.05) is 18.2 Å². The van der Waals surface area contributed by atoms with Gasteiger partial charge in [-0.1, -0.05) is 25.1 Å². The Labute approximate surface area is 126 Å². The summed E-state index contributed by atoms with van der Waals surface area (Å²) in [6, 6.07) is 6.08. The van der Waals surface area contributed by atoms with Crippen LogP contribution in [0, 0.1) is 12.8 Å². The molecule has 1 aromatic carbocycles. The molecule has 1 aliphatic heterocycles. The Bertz CT molecular complexity index is 514. The van der Waals surface area contributed by atoms with Crippen LogP contribution in [0.3, 0.4) is 0 Å². The van der Waals surface area contributed by atoms with Crippen molar-refractivity contribution in [3.63, 3.8) is 0 Å². The predicted octanol–water partition coefficient (Wildman–Crippen LogP) is 2.41. The molecule has 114 valence electrons. The van der Waals surface area contributed by atoms with Crippen LogP contribution in [0.25, 0.3) is 0 Å². The minimum Gasteiger partial charge on any atom is -0.324 e. The highest BCUT2D eigenvalue weighted by atomic mass is 16.2. The van der Waals surface area contributed by atoms with E-state index in [0.717, 1.165) is 48.9 Å². The van der Waals surface area contributed by atoms with Crippen molar-refractivity contribution in [1.82, 2.24) is 4.90 Å². The SMILES string of the molecule is CCc1cccc(C)c1NC(=O)CN1CCCC(C=O)C1. The minimum absolute atomic E-state index is 0.00514. The molecule has 0 spiro atoms. The van der Waals surface area contributed by atoms with Crippen LogP contribution < -0.4 is 5.32 Å². The van der Waals surface area contributed by atoms with Gasteiger partial charge in [-0.25, -0.2) is 0 Å². The number of nitrogens with zero attached hydrogens (tertiary/aromatic N) is 1. The lowest BCUT2D eigenvalue weighted by molar-refractivity contribution is -0.119. The molecule has 2 rings (SSSR count). The van der Waals surface area contributed by atoms with Crippen LogP contribution in [0.2, 0.25) is 0 Å². The third-order valence-electron chi connectivity index (χ3n) is 4.11. The Hall–Kier alpha value is -1.68. The third-order valence-corrected chi connectivity index (χ3v) is 4.11. The van der Waals surface area contributed by atoms with E-state index < -0.39 is 0 Å². The molecule has 0 saturated carbocycles. The Morgan fingerprint density at radius 3 is 3.00 bits per heavy atom. The molecule has 0 aliphatic carbocycles. The Morgan fingerprint density at radius 1 is 1.48 bits per heavy atom. The van der Waals surface area contributed by atoms with Crippen molar-refractivity contribution in [2.45, 2.75) is 33.1 Å². The van der Waals surface area contributed by atoms with E-state index in [2.05, 4.69) is 17.1 Å². The van der Waals surface area contributed by atoms with E-state index in [1.165, 1.54) is 0 Å². The molecule has 1 aliphatic rings. The molecule has 1 amide bonds. The zero-order chi connectivity index (χ0) is 15.2. The van der Waals surface area contributed by atoms with Crippen molar-refractivity contribution < 1.29 is 9.59 Å². The van der Waals surface area contributed by atoms with Crippen molar-refractivity contribution in [2.75, 3.05) is 25.0 Å². The van der Waals surface area contributed by atoms with E-state index >= 15 is 0 Å². The van der Waals surface area contributed by atoms with Gasteiger partial charge in [-0.15, -0.1) is 0 Å². The van der Waals surface area contributed by atoms with Gasteiger partial charge in [-0.3, -0.25) is 9.69 Å². The molecule has 1 unspecified atom stereocenters. The number of amides is 1. The summed E-state index contributed by atoms with van der Waals surface area (Å²) in [5, 5.41) is 3.04. The van der Waals surface area contributed by atoms with Crippen LogP contribution in [-0.4, -0.2) is 36.7 Å². The summed E-state index contributed by atoms with van der Waals surface area (Å²) in [7, 11) is 0. The highest BCUT2D eigenvalue weighted by Gasteiger charge is 2.21. The Kier molecular flexibility index (Phi) is 5.51. The molecule has 1 saturated heterocycles. The summed E-state index contributed by atoms with van der Waals surface area (Å²) in [5.41, 5.74) is 3.19. The summed E-state index contributed by atoms with van der Waals surface area (Å²) in [6.07, 6.45) is 3.84. The fourth-order valence-corrected chi connectivity index (χ4v) is 2.93. The van der Waals surface area contributed by atoms with Gasteiger partial charge >= 0.3 is 0 Å². The van der Waals surface area contributed by atoms with Crippen LogP contribution in [0.15, 0.2) is 18.2 Å². The third kappa shape index (κ3) is 4.14. The number of piperidine rings is 1. The second-order valence-electron chi connectivity index (χ2n) is 5.78. The molecule has 1 fully saturated rings. The van der Waals surface area contributed by atoms with Crippen LogP contribution in [0.1, 0.15) is 30.9 Å². The maximum atomic E-state index is 12.3. The van der Waals surface area contributed by atoms with Gasteiger partial charge in [0.2, 0.25) is 5.91 Å². The normalized spacial score (nSPS) is 19.2. The zero-order valence-electron chi connectivity index (χ0n) is 12.9. The van der Waals surface area contributed by atoms with Crippen molar-refractivity contribution in [2.24, 2.45) is 5.92 Å². The first-order chi connectivity index (χ1) is 10.1. The molecule has 1 N–H and O–H groups in total. The van der Waals surface area contributed by atoms with Gasteiger partial charge in [0.25, 0.3) is 0 Å². The van der Waals surface area contributed by atoms with Crippen molar-refractivity contribution in [3.05, 3.63) is 29.3 Å². The molecule has 4 heteroatoms. The van der Waals surface area contributed by atoms with Gasteiger partial charge in [0.05, 0.1) is 6.54 Å². The number of anilines is 1. The number of nitrogens with one attached hydrogen (secondary N) is 1. The van der Waals surface area contributed by atoms with Gasteiger partial charge in [-0.2, -0.15) is 0 Å². The van der Waals surface area contributed by atoms with Gasteiger partial charge in [-0.05, 0) is 43.9 Å². The highest BCUT2D eigenvalue weighted by Crippen LogP contribution is 2.21. The summed E-state index contributed by atoms with van der Waals surface area (Å²) >= 11 is 0. The lowest BCUT2D eigenvalue weighted by Crippen LogP contribution is -2.41. The molecule has 1 atom stereocenters. The molecule has 0 bridgehead atoms. The summed E-state index contributed by atoms with van der Waals surface area (Å²) in [4.78, 5) is 25.2. The van der Waals surface area contributed by atoms with E-state index in [1.54, 1.807) is 0 Å². The number of hydrogen-bond donors (Lipinski definition) is 1. The molecule has 0 aromatic heterocycles. The molecule has 0 radical (unpaired) electrons. The largest absolute Gasteiger partial charge is 0.324 e. The minimum atomic E-state index is 0.00514. The number of carbonyl (C=O) groups excluding carboxylic acids is 2. The summed E-state index contributed by atoms with van der Waals surface area (Å²) < 4.78 is 0. The van der Waals surface area contributed by atoms with E-state index in [0.29, 0.717) is 13.1 Å². The smallest absolute Gasteiger partial charge is 0.238 e. The molecule has 21 heavy (non-hydrogen) atoms. The van der Waals surface area contributed by atoms with Crippen LogP contribution in [0.5, 0.6) is 0 Å². The number of aryl methyl sites for hydroxylation is 2.